The summed E-state index contributed by atoms with van der Waals surface area (Å²) in [6.07, 6.45) is 7.27. The summed E-state index contributed by atoms with van der Waals surface area (Å²) in [6.45, 7) is 0. The van der Waals surface area contributed by atoms with Gasteiger partial charge in [-0.2, -0.15) is 9.97 Å². The summed E-state index contributed by atoms with van der Waals surface area (Å²) < 4.78 is 9.41. The SMILES string of the molecule is [Pt+2].[Pt+2].[c-]1c(-c2ccccn2)cccc1N(c1[c-]c(-c2ccccn2)ccc1)c1ccc(-c2ccc3c(c2)c2cc4c(cc2n3-c2ccccc2)c2ccccc2n4-c2ccccc2)s1.[c-]1c(-c2ccccn2)cccc1N(c1[c-]c(-c2ccccn2)ccc1)c1ccc(-c2ccc3c(c2)c2cc4c(cc2n3-c2nc(-c3ccccc3)nc(-c3ccccc3)n2)c2ccccc2n4-c2ccccc2)cc1. The van der Waals surface area contributed by atoms with E-state index in [4.69, 9.17) is 15.0 Å². The number of anilines is 6. The number of hydrogen-bond donors (Lipinski definition) is 0. The minimum absolute atomic E-state index is 0. The average molecular weight is 2160 g/mol. The van der Waals surface area contributed by atoms with Crippen LogP contribution in [-0.4, -0.2) is 53.2 Å². The van der Waals surface area contributed by atoms with Crippen molar-refractivity contribution < 1.29 is 42.1 Å². The van der Waals surface area contributed by atoms with E-state index < -0.39 is 0 Å². The molecule has 0 fully saturated rings. The second kappa shape index (κ2) is 37.3. The molecule has 0 amide bonds. The van der Waals surface area contributed by atoms with Crippen LogP contribution in [0.1, 0.15) is 0 Å². The van der Waals surface area contributed by atoms with Gasteiger partial charge in [0, 0.05) is 107 Å². The standard InChI is InChI=1S/C67H42N8.C56H35N5S.2Pt/c1-4-18-46(19-5-1)65-70-66(47-20-6-2-7-21-47)72-67(71-65)75-62-37-34-48(42-56(62)58-44-63-57(43-64(58)75)55-28-10-11-31-61(55)74(63)51-24-8-3-9-25-51)45-32-35-52(36-33-45)73(53-26-16-22-49(40-53)59-29-12-14-38-68-59)54-27-17-23-50(41-54)60-30-13-15-39-69-60;1-3-17-41(18-4-1)60-51-26-8-7-23-45(51)47-36-54-48(37-53(47)60)46-35-40(27-28-52(46)61(54)42-19-5-2-6-20-42)55-29-30-56(62-55)59(43-21-13-15-38(33-43)49-24-9-11-31-57-49)44-22-14-16-39(34-44)50-25-10-12-32-58-50;;/h1-39,42-44H;1-32,35-37H;;/q2*-2;2*+2. The molecule has 26 aromatic rings. The first kappa shape index (κ1) is 86.1. The number of para-hydroxylation sites is 5. The molecule has 0 radical (unpaired) electrons. The molecule has 16 heteroatoms. The maximum Gasteiger partial charge on any atom is 2.00 e. The molecule has 0 unspecified atom stereocenters. The number of nitrogens with zero attached hydrogens (tertiary/aromatic N) is 13. The predicted molar refractivity (Wildman–Crippen MR) is 561 cm³/mol. The van der Waals surface area contributed by atoms with Gasteiger partial charge in [0.2, 0.25) is 5.95 Å². The largest absolute Gasteiger partial charge is 2.00 e. The Hall–Kier alpha value is -17.0. The number of hydrogen-bond acceptors (Lipinski definition) is 10. The molecule has 0 aliphatic heterocycles. The zero-order chi connectivity index (χ0) is 90.6. The van der Waals surface area contributed by atoms with Crippen molar-refractivity contribution in [1.82, 2.24) is 53.2 Å². The monoisotopic (exact) mass is 2160 g/mol. The molecule has 139 heavy (non-hydrogen) atoms. The molecule has 10 aromatic heterocycles. The van der Waals surface area contributed by atoms with Gasteiger partial charge in [0.25, 0.3) is 0 Å². The number of rotatable bonds is 18. The summed E-state index contributed by atoms with van der Waals surface area (Å²) >= 11 is 1.75. The predicted octanol–water partition coefficient (Wildman–Crippen LogP) is 31.1. The zero-order valence-corrected chi connectivity index (χ0v) is 79.7. The summed E-state index contributed by atoms with van der Waals surface area (Å²) in [7, 11) is 0. The maximum atomic E-state index is 5.29. The molecule has 26 rings (SSSR count). The van der Waals surface area contributed by atoms with Gasteiger partial charge in [-0.1, -0.05) is 224 Å². The van der Waals surface area contributed by atoms with E-state index in [0.717, 1.165) is 172 Å². The number of aromatic nitrogens is 11. The Balaban J connectivity index is 0.000000156. The molecular formula is C123H77N13Pt2S. The van der Waals surface area contributed by atoms with Crippen molar-refractivity contribution in [3.05, 3.63) is 492 Å². The van der Waals surface area contributed by atoms with E-state index in [-0.39, 0.29) is 42.1 Å². The van der Waals surface area contributed by atoms with Gasteiger partial charge in [0.05, 0.1) is 49.1 Å². The zero-order valence-electron chi connectivity index (χ0n) is 74.3. The summed E-state index contributed by atoms with van der Waals surface area (Å²) in [4.78, 5) is 39.8. The van der Waals surface area contributed by atoms with E-state index in [1.165, 1.54) is 43.6 Å². The van der Waals surface area contributed by atoms with Crippen LogP contribution in [0.15, 0.2) is 468 Å². The molecule has 16 aromatic carbocycles. The van der Waals surface area contributed by atoms with Gasteiger partial charge in [-0.3, -0.25) is 4.57 Å². The topological polar surface area (TPSA) is 116 Å². The fraction of sp³-hybridized carbons (Fsp3) is 0. The van der Waals surface area contributed by atoms with Gasteiger partial charge in [-0.05, 0) is 208 Å². The van der Waals surface area contributed by atoms with Crippen LogP contribution < -0.4 is 9.80 Å². The van der Waals surface area contributed by atoms with E-state index in [0.29, 0.717) is 17.6 Å². The maximum absolute atomic E-state index is 5.29. The second-order valence-electron chi connectivity index (χ2n) is 33.6. The Morgan fingerprint density at radius 2 is 0.540 bits per heavy atom. The molecule has 0 spiro atoms. The molecule has 0 aliphatic rings. The molecule has 0 saturated carbocycles. The fourth-order valence-corrected chi connectivity index (χ4v) is 20.2. The number of thiophene rings is 1. The third kappa shape index (κ3) is 16.1. The summed E-state index contributed by atoms with van der Waals surface area (Å²) in [5.41, 5.74) is 29.0. The van der Waals surface area contributed by atoms with Crippen LogP contribution in [0, 0.1) is 24.3 Å². The van der Waals surface area contributed by atoms with Crippen LogP contribution in [0.2, 0.25) is 0 Å². The third-order valence-electron chi connectivity index (χ3n) is 25.4. The van der Waals surface area contributed by atoms with Crippen LogP contribution in [0.25, 0.3) is 200 Å². The Bertz CT molecular complexity index is 8800. The van der Waals surface area contributed by atoms with E-state index in [1.54, 1.807) is 11.3 Å². The first-order valence-corrected chi connectivity index (χ1v) is 46.4. The molecule has 13 nitrogen and oxygen atoms in total. The Morgan fingerprint density at radius 1 is 0.216 bits per heavy atom. The average Bonchev–Trinajstić information content (AvgIpc) is 1.56. The first-order chi connectivity index (χ1) is 67.9. The van der Waals surface area contributed by atoms with E-state index in [2.05, 4.69) is 370 Å². The molecule has 660 valence electrons. The normalized spacial score (nSPS) is 11.3. The van der Waals surface area contributed by atoms with Crippen molar-refractivity contribution in [2.24, 2.45) is 0 Å². The Kier molecular flexibility index (Phi) is 23.1. The fourth-order valence-electron chi connectivity index (χ4n) is 19.2. The van der Waals surface area contributed by atoms with Gasteiger partial charge in [0.15, 0.2) is 11.6 Å². The summed E-state index contributed by atoms with van der Waals surface area (Å²) in [5, 5.41) is 10.4. The summed E-state index contributed by atoms with van der Waals surface area (Å²) in [5.74, 6) is 1.74. The molecule has 0 atom stereocenters. The van der Waals surface area contributed by atoms with Crippen molar-refractivity contribution in [3.63, 3.8) is 0 Å². The Morgan fingerprint density at radius 3 is 0.942 bits per heavy atom. The van der Waals surface area contributed by atoms with Gasteiger partial charge in [-0.25, -0.2) is 4.98 Å². The molecule has 0 saturated heterocycles. The Labute approximate surface area is 834 Å². The van der Waals surface area contributed by atoms with E-state index >= 15 is 0 Å². The minimum Gasteiger partial charge on any atom is -0.346 e. The van der Waals surface area contributed by atoms with Crippen LogP contribution in [0.4, 0.5) is 33.4 Å². The van der Waals surface area contributed by atoms with Crippen LogP contribution in [0.3, 0.4) is 0 Å². The van der Waals surface area contributed by atoms with Crippen molar-refractivity contribution in [3.8, 4) is 112 Å². The van der Waals surface area contributed by atoms with Crippen LogP contribution in [-0.2, 0) is 42.1 Å². The molecule has 0 N–H and O–H groups in total. The van der Waals surface area contributed by atoms with Crippen LogP contribution in [0.5, 0.6) is 0 Å². The quantitative estimate of drug-likeness (QED) is 0.0774. The van der Waals surface area contributed by atoms with Gasteiger partial charge < -0.3 is 43.4 Å². The molecule has 0 aliphatic carbocycles. The number of benzene rings is 16. The second-order valence-corrected chi connectivity index (χ2v) is 34.7. The molecule has 0 bridgehead atoms. The molecule has 10 heterocycles. The van der Waals surface area contributed by atoms with E-state index in [9.17, 15) is 0 Å². The van der Waals surface area contributed by atoms with Crippen molar-refractivity contribution >= 4 is 132 Å². The first-order valence-electron chi connectivity index (χ1n) is 45.6. The van der Waals surface area contributed by atoms with Crippen molar-refractivity contribution in [1.29, 1.82) is 0 Å². The van der Waals surface area contributed by atoms with Crippen molar-refractivity contribution in [2.75, 3.05) is 9.80 Å². The number of fused-ring (bicyclic) bond motifs is 12. The third-order valence-corrected chi connectivity index (χ3v) is 26.6. The van der Waals surface area contributed by atoms with Gasteiger partial charge in [0.1, 0.15) is 0 Å². The van der Waals surface area contributed by atoms with Crippen molar-refractivity contribution in [2.45, 2.75) is 0 Å². The smallest absolute Gasteiger partial charge is 0.346 e. The van der Waals surface area contributed by atoms with Crippen LogP contribution >= 0.6 is 11.3 Å². The summed E-state index contributed by atoms with van der Waals surface area (Å²) in [6, 6.07) is 169. The van der Waals surface area contributed by atoms with E-state index in [1.807, 2.05) is 170 Å². The minimum atomic E-state index is 0. The number of pyridine rings is 4. The van der Waals surface area contributed by atoms with Gasteiger partial charge >= 0.3 is 42.1 Å². The van der Waals surface area contributed by atoms with Gasteiger partial charge in [-0.15, -0.1) is 131 Å². The molecular weight excluding hydrogens is 2080 g/mol.